The summed E-state index contributed by atoms with van der Waals surface area (Å²) in [4.78, 5) is 0. The van der Waals surface area contributed by atoms with E-state index in [0.717, 1.165) is 48.6 Å². The van der Waals surface area contributed by atoms with E-state index in [9.17, 15) is 0 Å². The molecule has 2 nitrogen and oxygen atoms in total. The summed E-state index contributed by atoms with van der Waals surface area (Å²) in [6, 6.07) is 0. The molecule has 4 aliphatic rings. The fraction of sp³-hybridized carbons (Fsp3) is 0.778. The van der Waals surface area contributed by atoms with Gasteiger partial charge in [0, 0.05) is 0 Å². The minimum absolute atomic E-state index is 0.877. The highest BCUT2D eigenvalue weighted by atomic mass is 14.5. The molecule has 2 heteroatoms. The van der Waals surface area contributed by atoms with E-state index in [1.165, 1.54) is 38.5 Å². The van der Waals surface area contributed by atoms with Gasteiger partial charge in [0.25, 0.3) is 0 Å². The molecule has 0 aromatic rings. The van der Waals surface area contributed by atoms with E-state index in [2.05, 4.69) is 24.3 Å². The monoisotopic (exact) mass is 274 g/mol. The van der Waals surface area contributed by atoms with Crippen LogP contribution < -0.4 is 11.5 Å². The Kier molecular flexibility index (Phi) is 4.62. The molecule has 0 amide bonds. The molecule has 0 aliphatic heterocycles. The zero-order valence-electron chi connectivity index (χ0n) is 12.6. The van der Waals surface area contributed by atoms with E-state index < -0.39 is 0 Å². The van der Waals surface area contributed by atoms with Crippen LogP contribution in [0.15, 0.2) is 24.3 Å². The number of allylic oxidation sites excluding steroid dienone is 4. The van der Waals surface area contributed by atoms with E-state index in [0.29, 0.717) is 0 Å². The van der Waals surface area contributed by atoms with Crippen LogP contribution in [0.4, 0.5) is 0 Å². The molecule has 2 saturated carbocycles. The van der Waals surface area contributed by atoms with E-state index in [4.69, 9.17) is 11.5 Å². The van der Waals surface area contributed by atoms with Crippen LogP contribution in [0, 0.1) is 35.5 Å². The maximum Gasteiger partial charge on any atom is -0.00744 e. The van der Waals surface area contributed by atoms with Gasteiger partial charge in [-0.25, -0.2) is 0 Å². The molecule has 6 atom stereocenters. The second kappa shape index (κ2) is 6.44. The molecule has 0 radical (unpaired) electrons. The highest BCUT2D eigenvalue weighted by Crippen LogP contribution is 2.45. The van der Waals surface area contributed by atoms with Crippen LogP contribution in [0.3, 0.4) is 0 Å². The van der Waals surface area contributed by atoms with E-state index >= 15 is 0 Å². The average molecular weight is 274 g/mol. The summed E-state index contributed by atoms with van der Waals surface area (Å²) >= 11 is 0. The third-order valence-corrected chi connectivity index (χ3v) is 5.91. The lowest BCUT2D eigenvalue weighted by Crippen LogP contribution is -2.12. The van der Waals surface area contributed by atoms with Crippen molar-refractivity contribution in [3.05, 3.63) is 24.3 Å². The Hall–Kier alpha value is -0.600. The standard InChI is InChI=1S/2C9H15N/c2*10-4-3-9-6-7-1-2-8(9)5-7/h2*1-2,7-9H,3-6,10H2/t2*7-,8+,9-/m10/s1. The van der Waals surface area contributed by atoms with Crippen molar-refractivity contribution in [1.29, 1.82) is 0 Å². The van der Waals surface area contributed by atoms with Gasteiger partial charge in [-0.15, -0.1) is 0 Å². The van der Waals surface area contributed by atoms with Gasteiger partial charge in [0.2, 0.25) is 0 Å². The van der Waals surface area contributed by atoms with Gasteiger partial charge in [-0.05, 0) is 87.1 Å². The lowest BCUT2D eigenvalue weighted by atomic mass is 9.91. The van der Waals surface area contributed by atoms with Crippen molar-refractivity contribution in [2.75, 3.05) is 13.1 Å². The molecule has 0 saturated heterocycles. The summed E-state index contributed by atoms with van der Waals surface area (Å²) < 4.78 is 0. The van der Waals surface area contributed by atoms with Gasteiger partial charge < -0.3 is 11.5 Å². The third-order valence-electron chi connectivity index (χ3n) is 5.91. The van der Waals surface area contributed by atoms with Crippen molar-refractivity contribution in [1.82, 2.24) is 0 Å². The molecule has 0 aromatic carbocycles. The Bertz CT molecular complexity index is 338. The first kappa shape index (κ1) is 14.3. The fourth-order valence-corrected chi connectivity index (χ4v) is 4.88. The SMILES string of the molecule is NCC[C@@H]1C[C@@H]2C=C[C@H]1C2.NCC[C@H]1C[C@H]2C=C[C@@H]1C2. The van der Waals surface area contributed by atoms with Gasteiger partial charge in [0.1, 0.15) is 0 Å². The first-order valence-electron chi connectivity index (χ1n) is 8.57. The zero-order valence-corrected chi connectivity index (χ0v) is 12.6. The number of hydrogen-bond donors (Lipinski definition) is 2. The van der Waals surface area contributed by atoms with Crippen LogP contribution in [0.5, 0.6) is 0 Å². The molecule has 4 aliphatic carbocycles. The second-order valence-electron chi connectivity index (χ2n) is 7.24. The largest absolute Gasteiger partial charge is 0.330 e. The van der Waals surface area contributed by atoms with Crippen LogP contribution in [-0.2, 0) is 0 Å². The third kappa shape index (κ3) is 3.01. The van der Waals surface area contributed by atoms with Gasteiger partial charge >= 0.3 is 0 Å². The van der Waals surface area contributed by atoms with Crippen LogP contribution in [0.2, 0.25) is 0 Å². The quantitative estimate of drug-likeness (QED) is 0.774. The van der Waals surface area contributed by atoms with E-state index in [1.54, 1.807) is 0 Å². The Morgan fingerprint density at radius 3 is 1.35 bits per heavy atom. The molecule has 4 N–H and O–H groups in total. The topological polar surface area (TPSA) is 52.0 Å². The Balaban J connectivity index is 0.000000121. The predicted molar refractivity (Wildman–Crippen MR) is 85.0 cm³/mol. The van der Waals surface area contributed by atoms with E-state index in [1.807, 2.05) is 0 Å². The minimum Gasteiger partial charge on any atom is -0.330 e. The first-order valence-corrected chi connectivity index (χ1v) is 8.57. The summed E-state index contributed by atoms with van der Waals surface area (Å²) in [5, 5.41) is 0. The summed E-state index contributed by atoms with van der Waals surface area (Å²) in [6.45, 7) is 1.75. The van der Waals surface area contributed by atoms with Crippen LogP contribution in [-0.4, -0.2) is 13.1 Å². The maximum atomic E-state index is 5.52. The molecule has 112 valence electrons. The minimum atomic E-state index is 0.877. The van der Waals surface area contributed by atoms with Crippen molar-refractivity contribution in [2.24, 2.45) is 47.0 Å². The lowest BCUT2D eigenvalue weighted by Gasteiger charge is -2.15. The number of nitrogens with two attached hydrogens (primary N) is 2. The first-order chi connectivity index (χ1) is 9.80. The summed E-state index contributed by atoms with van der Waals surface area (Å²) in [7, 11) is 0. The van der Waals surface area contributed by atoms with Gasteiger partial charge in [0.05, 0.1) is 0 Å². The maximum absolute atomic E-state index is 5.52. The predicted octanol–water partition coefficient (Wildman–Crippen LogP) is 3.09. The number of rotatable bonds is 4. The Morgan fingerprint density at radius 1 is 0.650 bits per heavy atom. The van der Waals surface area contributed by atoms with Crippen molar-refractivity contribution < 1.29 is 0 Å². The fourth-order valence-electron chi connectivity index (χ4n) is 4.88. The highest BCUT2D eigenvalue weighted by molar-refractivity contribution is 5.10. The molecular weight excluding hydrogens is 244 g/mol. The van der Waals surface area contributed by atoms with Gasteiger partial charge in [-0.3, -0.25) is 0 Å². The molecule has 0 aromatic heterocycles. The Labute approximate surface area is 123 Å². The summed E-state index contributed by atoms with van der Waals surface area (Å²) in [5.74, 6) is 5.49. The summed E-state index contributed by atoms with van der Waals surface area (Å²) in [6.07, 6.45) is 17.7. The molecule has 0 spiro atoms. The molecule has 20 heavy (non-hydrogen) atoms. The molecule has 4 bridgehead atoms. The smallest absolute Gasteiger partial charge is 0.00744 e. The summed E-state index contributed by atoms with van der Waals surface area (Å²) in [5.41, 5.74) is 11.0. The van der Waals surface area contributed by atoms with Gasteiger partial charge in [-0.2, -0.15) is 0 Å². The van der Waals surface area contributed by atoms with E-state index in [-0.39, 0.29) is 0 Å². The van der Waals surface area contributed by atoms with Crippen LogP contribution in [0.1, 0.15) is 38.5 Å². The van der Waals surface area contributed by atoms with Crippen molar-refractivity contribution in [3.8, 4) is 0 Å². The van der Waals surface area contributed by atoms with Crippen molar-refractivity contribution >= 4 is 0 Å². The normalized spacial score (nSPS) is 43.1. The second-order valence-corrected chi connectivity index (χ2v) is 7.24. The molecule has 0 heterocycles. The van der Waals surface area contributed by atoms with Crippen molar-refractivity contribution in [3.63, 3.8) is 0 Å². The zero-order chi connectivity index (χ0) is 13.9. The average Bonchev–Trinajstić information content (AvgIpc) is 3.21. The molecular formula is C18H30N2. The van der Waals surface area contributed by atoms with Crippen LogP contribution in [0.25, 0.3) is 0 Å². The number of fused-ring (bicyclic) bond motifs is 4. The van der Waals surface area contributed by atoms with Crippen molar-refractivity contribution in [2.45, 2.75) is 38.5 Å². The highest BCUT2D eigenvalue weighted by Gasteiger charge is 2.35. The van der Waals surface area contributed by atoms with Crippen LogP contribution >= 0.6 is 0 Å². The molecule has 4 rings (SSSR count). The molecule has 0 unspecified atom stereocenters. The molecule has 2 fully saturated rings. The lowest BCUT2D eigenvalue weighted by molar-refractivity contribution is 0.422. The number of hydrogen-bond acceptors (Lipinski definition) is 2. The van der Waals surface area contributed by atoms with Gasteiger partial charge in [-0.1, -0.05) is 24.3 Å². The van der Waals surface area contributed by atoms with Gasteiger partial charge in [0.15, 0.2) is 0 Å². The Morgan fingerprint density at radius 2 is 1.10 bits per heavy atom.